The van der Waals surface area contributed by atoms with E-state index >= 15 is 0 Å². The van der Waals surface area contributed by atoms with Crippen LogP contribution >= 0.6 is 7.82 Å². The number of carboxylic acids is 1. The van der Waals surface area contributed by atoms with Crippen LogP contribution in [0.5, 0.6) is 0 Å². The molecule has 0 aromatic carbocycles. The van der Waals surface area contributed by atoms with Gasteiger partial charge >= 0.3 is 13.8 Å². The first-order chi connectivity index (χ1) is 37.2. The number of hydrogen-bond donors (Lipinski definition) is 12. The smallest absolute Gasteiger partial charge is 0.472 e. The Kier molecular flexibility index (Phi) is 37.7. The van der Waals surface area contributed by atoms with Crippen molar-refractivity contribution in [2.45, 2.75) is 305 Å². The van der Waals surface area contributed by atoms with Crippen LogP contribution in [0.1, 0.15) is 220 Å². The van der Waals surface area contributed by atoms with Crippen LogP contribution in [0.4, 0.5) is 0 Å². The number of aliphatic hydroxyl groups excluding tert-OH is 8. The number of phosphoric ester groups is 1. The molecule has 1 aliphatic carbocycles. The number of aliphatic hydroxyl groups is 8. The van der Waals surface area contributed by atoms with Gasteiger partial charge in [0.2, 0.25) is 11.8 Å². The molecule has 15 atom stereocenters. The molecule has 2 amide bonds. The number of phosphoric acid groups is 1. The summed E-state index contributed by atoms with van der Waals surface area (Å²) < 4.78 is 40.1. The summed E-state index contributed by atoms with van der Waals surface area (Å²) in [6, 6.07) is -2.84. The molecule has 22 heteroatoms. The zero-order chi connectivity index (χ0) is 57.9. The lowest BCUT2D eigenvalue weighted by atomic mass is 9.84. The molecule has 0 radical (unpaired) electrons. The Balaban J connectivity index is 2.07. The summed E-state index contributed by atoms with van der Waals surface area (Å²) in [5.41, 5.74) is 0. The fourth-order valence-corrected chi connectivity index (χ4v) is 11.2. The Bertz CT molecular complexity index is 1680. The number of ether oxygens (including phenoxy) is 3. The van der Waals surface area contributed by atoms with Crippen molar-refractivity contribution in [1.29, 1.82) is 0 Å². The van der Waals surface area contributed by atoms with E-state index < -0.39 is 130 Å². The van der Waals surface area contributed by atoms with Gasteiger partial charge in [-0.15, -0.1) is 0 Å². The third-order valence-corrected chi connectivity index (χ3v) is 15.9. The maximum absolute atomic E-state index is 13.6. The van der Waals surface area contributed by atoms with Gasteiger partial charge in [0, 0.05) is 26.9 Å². The second-order valence-corrected chi connectivity index (χ2v) is 23.3. The molecule has 1 unspecified atom stereocenters. The summed E-state index contributed by atoms with van der Waals surface area (Å²) >= 11 is 0. The van der Waals surface area contributed by atoms with Gasteiger partial charge in [0.15, 0.2) is 0 Å². The Labute approximate surface area is 465 Å². The molecule has 12 N–H and O–H groups in total. The predicted octanol–water partition coefficient (Wildman–Crippen LogP) is 6.28. The fraction of sp³-hybridized carbons (Fsp3) is 0.911. The fourth-order valence-electron chi connectivity index (χ4n) is 10.2. The Morgan fingerprint density at radius 2 is 1.13 bits per heavy atom. The number of amides is 2. The maximum atomic E-state index is 13.6. The predicted molar refractivity (Wildman–Crippen MR) is 294 cm³/mol. The summed E-state index contributed by atoms with van der Waals surface area (Å²) in [5.74, 6) is -6.33. The van der Waals surface area contributed by atoms with Gasteiger partial charge in [-0.05, 0) is 19.3 Å². The van der Waals surface area contributed by atoms with Crippen molar-refractivity contribution in [3.8, 4) is 0 Å². The van der Waals surface area contributed by atoms with Crippen LogP contribution in [0.25, 0.3) is 0 Å². The lowest BCUT2D eigenvalue weighted by molar-refractivity contribution is -0.350. The van der Waals surface area contributed by atoms with E-state index in [2.05, 4.69) is 24.5 Å². The minimum absolute atomic E-state index is 0.111. The highest BCUT2D eigenvalue weighted by Crippen LogP contribution is 2.48. The van der Waals surface area contributed by atoms with E-state index in [0.29, 0.717) is 12.8 Å². The van der Waals surface area contributed by atoms with Crippen molar-refractivity contribution in [1.82, 2.24) is 10.6 Å². The standard InChI is InChI=1S/C56H105N2O19P/c1-5-7-9-11-13-15-17-18-19-20-21-22-23-24-26-28-30-32-34-36-45(63)58-41(42(60)35-33-31-29-27-25-16-14-12-10-8-6-2)38-74-78(71,72)77-54-50(67)48(65)49(66)53(51(54)68)76-56(55(69)70)37-43(61)46(57-40(3)59)52(75-56)47(64)44(62)39-73-4/h33,35,41-44,46-54,60-62,64-68H,5-32,34,36-39H2,1-4H3,(H,57,59)(H,58,63)(H,69,70)(H,71,72)/b35-33+/t41-,42+,43-,44+,46+,47+,48-,49-,50+,51+,52+,53+,54-,56-/m0/s1. The average molecular weight is 1140 g/mol. The van der Waals surface area contributed by atoms with E-state index in [1.165, 1.54) is 135 Å². The van der Waals surface area contributed by atoms with Crippen LogP contribution in [-0.2, 0) is 42.2 Å². The highest BCUT2D eigenvalue weighted by molar-refractivity contribution is 7.47. The van der Waals surface area contributed by atoms with Gasteiger partial charge in [-0.3, -0.25) is 18.6 Å². The van der Waals surface area contributed by atoms with E-state index in [4.69, 9.17) is 23.3 Å². The van der Waals surface area contributed by atoms with E-state index in [9.17, 15) is 69.8 Å². The van der Waals surface area contributed by atoms with E-state index in [1.807, 2.05) is 0 Å². The summed E-state index contributed by atoms with van der Waals surface area (Å²) in [4.78, 5) is 49.2. The van der Waals surface area contributed by atoms with Crippen molar-refractivity contribution < 1.29 is 93.1 Å². The first-order valence-electron chi connectivity index (χ1n) is 29.7. The minimum atomic E-state index is -5.47. The number of carbonyl (C=O) groups is 3. The molecule has 2 aliphatic rings. The lowest BCUT2D eigenvalue weighted by Crippen LogP contribution is -2.71. The van der Waals surface area contributed by atoms with Gasteiger partial charge in [0.25, 0.3) is 5.79 Å². The molecule has 0 spiro atoms. The number of carboxylic acid groups (broad SMARTS) is 1. The van der Waals surface area contributed by atoms with Gasteiger partial charge in [-0.2, -0.15) is 0 Å². The first kappa shape index (κ1) is 71.9. The molecule has 0 aromatic heterocycles. The van der Waals surface area contributed by atoms with Gasteiger partial charge in [-0.1, -0.05) is 193 Å². The molecule has 2 rings (SSSR count). The van der Waals surface area contributed by atoms with Crippen LogP contribution in [-0.4, -0.2) is 174 Å². The van der Waals surface area contributed by atoms with Crippen molar-refractivity contribution in [2.75, 3.05) is 20.3 Å². The van der Waals surface area contributed by atoms with Crippen molar-refractivity contribution in [3.05, 3.63) is 12.2 Å². The third kappa shape index (κ3) is 27.7. The Morgan fingerprint density at radius 3 is 1.59 bits per heavy atom. The van der Waals surface area contributed by atoms with Crippen LogP contribution in [0.2, 0.25) is 0 Å². The molecular formula is C56H105N2O19P. The van der Waals surface area contributed by atoms with Crippen LogP contribution in [0, 0.1) is 0 Å². The van der Waals surface area contributed by atoms with Gasteiger partial charge in [0.05, 0.1) is 37.5 Å². The first-order valence-corrected chi connectivity index (χ1v) is 31.2. The SMILES string of the molecule is CCCCCCCCCCC/C=C/[C@@H](O)[C@H](COP(=O)(O)O[C@@H]1[C@H](O)[C@H](O[C@]2(C(=O)O)C[C@H](O)[C@@H](NC(C)=O)[C@H]([C@H](O)[C@H](O)COC)O2)[C@@H](O)[C@H](O)[C@H]1O)NC(=O)CCCCCCCCCCCCCCCCCCCCC. The number of hydrogen-bond acceptors (Lipinski definition) is 17. The summed E-state index contributed by atoms with van der Waals surface area (Å²) in [6.07, 6.45) is 12.6. The number of methoxy groups -OCH3 is 1. The maximum Gasteiger partial charge on any atom is 0.472 e. The quantitative estimate of drug-likeness (QED) is 0.0181. The molecular weight excluding hydrogens is 1040 g/mol. The van der Waals surface area contributed by atoms with E-state index in [-0.39, 0.29) is 6.42 Å². The molecule has 78 heavy (non-hydrogen) atoms. The number of carbonyl (C=O) groups excluding carboxylic acids is 2. The van der Waals surface area contributed by atoms with Gasteiger partial charge in [-0.25, -0.2) is 9.36 Å². The number of rotatable bonds is 46. The van der Waals surface area contributed by atoms with Crippen molar-refractivity contribution in [2.24, 2.45) is 0 Å². The minimum Gasteiger partial charge on any atom is -0.477 e. The second-order valence-electron chi connectivity index (χ2n) is 21.9. The Morgan fingerprint density at radius 1 is 0.667 bits per heavy atom. The van der Waals surface area contributed by atoms with Gasteiger partial charge in [0.1, 0.15) is 54.9 Å². The molecule has 1 aliphatic heterocycles. The molecule has 21 nitrogen and oxygen atoms in total. The average Bonchev–Trinajstić information content (AvgIpc) is 3.52. The number of aliphatic carboxylic acids is 1. The number of nitrogens with one attached hydrogen (secondary N) is 2. The monoisotopic (exact) mass is 1140 g/mol. The third-order valence-electron chi connectivity index (χ3n) is 15.0. The zero-order valence-corrected chi connectivity index (χ0v) is 48.5. The van der Waals surface area contributed by atoms with Crippen molar-refractivity contribution in [3.63, 3.8) is 0 Å². The van der Waals surface area contributed by atoms with E-state index in [1.54, 1.807) is 6.08 Å². The molecule has 458 valence electrons. The molecule has 1 saturated carbocycles. The number of unbranched alkanes of at least 4 members (excludes halogenated alkanes) is 27. The highest BCUT2D eigenvalue weighted by Gasteiger charge is 2.61. The van der Waals surface area contributed by atoms with Crippen LogP contribution < -0.4 is 10.6 Å². The number of allylic oxidation sites excluding steroid dienone is 1. The van der Waals surface area contributed by atoms with Gasteiger partial charge < -0.3 is 75.7 Å². The summed E-state index contributed by atoms with van der Waals surface area (Å²) in [6.45, 7) is 4.15. The molecule has 2 fully saturated rings. The highest BCUT2D eigenvalue weighted by atomic mass is 31.2. The molecule has 1 heterocycles. The lowest BCUT2D eigenvalue weighted by Gasteiger charge is -2.50. The van der Waals surface area contributed by atoms with Crippen LogP contribution in [0.15, 0.2) is 12.2 Å². The Hall–Kier alpha value is -2.18. The molecule has 1 saturated heterocycles. The van der Waals surface area contributed by atoms with E-state index in [0.717, 1.165) is 58.3 Å². The van der Waals surface area contributed by atoms with Crippen molar-refractivity contribution >= 4 is 25.6 Å². The zero-order valence-electron chi connectivity index (χ0n) is 47.6. The largest absolute Gasteiger partial charge is 0.477 e. The topological polar surface area (TPSA) is 341 Å². The summed E-state index contributed by atoms with van der Waals surface area (Å²) in [5, 5.41) is 104. The normalized spacial score (nSPS) is 27.0. The molecule has 0 aromatic rings. The van der Waals surface area contributed by atoms with Crippen LogP contribution in [0.3, 0.4) is 0 Å². The molecule has 0 bridgehead atoms. The summed E-state index contributed by atoms with van der Waals surface area (Å²) in [7, 11) is -4.28. The second kappa shape index (κ2) is 40.9.